The van der Waals surface area contributed by atoms with Crippen LogP contribution in [0.15, 0.2) is 72.9 Å². The Balaban J connectivity index is 3.48. The summed E-state index contributed by atoms with van der Waals surface area (Å²) >= 11 is 0. The number of rotatable bonds is 50. The lowest BCUT2D eigenvalue weighted by molar-refractivity contribution is -0.161. The van der Waals surface area contributed by atoms with Crippen molar-refractivity contribution in [3.8, 4) is 0 Å². The first-order valence-electron chi connectivity index (χ1n) is 27.5. The van der Waals surface area contributed by atoms with Gasteiger partial charge in [0.25, 0.3) is 0 Å². The smallest absolute Gasteiger partial charge is 0.306 e. The van der Waals surface area contributed by atoms with Crippen LogP contribution in [0.25, 0.3) is 0 Å². The summed E-state index contributed by atoms with van der Waals surface area (Å²) < 4.78 is 10.7. The Bertz CT molecular complexity index is 1150. The molecule has 0 fully saturated rings. The number of allylic oxidation sites excluding steroid dienone is 12. The molecule has 0 aliphatic heterocycles. The van der Waals surface area contributed by atoms with Crippen LogP contribution in [-0.4, -0.2) is 36.4 Å². The van der Waals surface area contributed by atoms with Gasteiger partial charge in [-0.3, -0.25) is 9.59 Å². The number of carbonyl (C=O) groups excluding carboxylic acids is 2. The zero-order chi connectivity index (χ0) is 46.3. The standard InChI is InChI=1S/C59H104O5/c1-3-5-7-9-11-13-15-17-19-21-23-24-25-26-27-28-29-30-31-32-33-34-36-37-39-41-43-45-47-49-51-53-58(61)63-56-57(55-60)64-59(62)54-52-50-48-46-44-42-40-38-35-22-20-18-16-14-12-10-8-6-4-2/h6,8,12,14,18,20-21,23,35,38,42,44,57,60H,3-5,7,9-11,13,15-17,19,22,24-34,36-37,39-41,43,45-56H2,1-2H3/b8-6-,14-12-,20-18-,23-21-,38-35-,44-42-. The van der Waals surface area contributed by atoms with Crippen molar-refractivity contribution in [1.82, 2.24) is 0 Å². The topological polar surface area (TPSA) is 72.8 Å². The van der Waals surface area contributed by atoms with E-state index in [-0.39, 0.29) is 25.2 Å². The normalized spacial score (nSPS) is 12.7. The number of aliphatic hydroxyl groups excluding tert-OH is 1. The van der Waals surface area contributed by atoms with E-state index in [1.165, 1.54) is 167 Å². The first kappa shape index (κ1) is 61.3. The molecule has 0 aromatic rings. The Labute approximate surface area is 397 Å². The Morgan fingerprint density at radius 1 is 0.375 bits per heavy atom. The second-order valence-electron chi connectivity index (χ2n) is 18.3. The molecule has 1 N–H and O–H groups in total. The minimum absolute atomic E-state index is 0.0802. The molecule has 0 aliphatic carbocycles. The summed E-state index contributed by atoms with van der Waals surface area (Å²) in [7, 11) is 0. The molecule has 0 amide bonds. The lowest BCUT2D eigenvalue weighted by Crippen LogP contribution is -2.28. The van der Waals surface area contributed by atoms with E-state index in [9.17, 15) is 14.7 Å². The van der Waals surface area contributed by atoms with Gasteiger partial charge < -0.3 is 14.6 Å². The van der Waals surface area contributed by atoms with Gasteiger partial charge in [-0.1, -0.05) is 247 Å². The third-order valence-electron chi connectivity index (χ3n) is 12.0. The van der Waals surface area contributed by atoms with Crippen LogP contribution in [0.5, 0.6) is 0 Å². The van der Waals surface area contributed by atoms with Gasteiger partial charge in [0.05, 0.1) is 6.61 Å². The Kier molecular flexibility index (Phi) is 52.4. The van der Waals surface area contributed by atoms with Gasteiger partial charge in [-0.05, 0) is 83.5 Å². The average Bonchev–Trinajstić information content (AvgIpc) is 3.30. The number of unbranched alkanes of at least 4 members (excludes halogenated alkanes) is 30. The lowest BCUT2D eigenvalue weighted by atomic mass is 10.0. The van der Waals surface area contributed by atoms with Crippen molar-refractivity contribution in [2.24, 2.45) is 0 Å². The third kappa shape index (κ3) is 52.0. The maximum Gasteiger partial charge on any atom is 0.306 e. The Hall–Kier alpha value is -2.66. The summed E-state index contributed by atoms with van der Waals surface area (Å²) in [5.74, 6) is -0.622. The van der Waals surface area contributed by atoms with Crippen molar-refractivity contribution >= 4 is 11.9 Å². The monoisotopic (exact) mass is 893 g/mol. The van der Waals surface area contributed by atoms with E-state index in [4.69, 9.17) is 9.47 Å². The molecule has 370 valence electrons. The molecule has 0 spiro atoms. The maximum absolute atomic E-state index is 12.3. The van der Waals surface area contributed by atoms with Gasteiger partial charge in [0.15, 0.2) is 6.10 Å². The molecule has 0 aromatic carbocycles. The summed E-state index contributed by atoms with van der Waals surface area (Å²) in [6.45, 7) is 4.02. The van der Waals surface area contributed by atoms with Gasteiger partial charge >= 0.3 is 11.9 Å². The van der Waals surface area contributed by atoms with Gasteiger partial charge in [-0.2, -0.15) is 0 Å². The molecule has 1 atom stereocenters. The molecule has 0 rings (SSSR count). The highest BCUT2D eigenvalue weighted by Gasteiger charge is 2.16. The number of carbonyl (C=O) groups is 2. The van der Waals surface area contributed by atoms with E-state index < -0.39 is 6.10 Å². The number of ether oxygens (including phenoxy) is 2. The van der Waals surface area contributed by atoms with Crippen LogP contribution in [0, 0.1) is 0 Å². The van der Waals surface area contributed by atoms with Crippen molar-refractivity contribution in [1.29, 1.82) is 0 Å². The van der Waals surface area contributed by atoms with E-state index in [2.05, 4.69) is 86.8 Å². The summed E-state index contributed by atoms with van der Waals surface area (Å²) in [4.78, 5) is 24.5. The van der Waals surface area contributed by atoms with Gasteiger partial charge in [0.2, 0.25) is 0 Å². The van der Waals surface area contributed by atoms with Gasteiger partial charge in [-0.15, -0.1) is 0 Å². The number of hydrogen-bond donors (Lipinski definition) is 1. The lowest BCUT2D eigenvalue weighted by Gasteiger charge is -2.15. The number of aliphatic hydroxyl groups is 1. The van der Waals surface area contributed by atoms with Gasteiger partial charge in [-0.25, -0.2) is 0 Å². The highest BCUT2D eigenvalue weighted by atomic mass is 16.6. The van der Waals surface area contributed by atoms with Crippen LogP contribution in [0.1, 0.15) is 271 Å². The molecule has 64 heavy (non-hydrogen) atoms. The van der Waals surface area contributed by atoms with Crippen molar-refractivity contribution < 1.29 is 24.2 Å². The molecule has 0 bridgehead atoms. The van der Waals surface area contributed by atoms with Crippen LogP contribution >= 0.6 is 0 Å². The van der Waals surface area contributed by atoms with Crippen molar-refractivity contribution in [2.45, 2.75) is 277 Å². The SMILES string of the molecule is CC/C=C\C/C=C\C/C=C\C/C=C\C/C=C\CCCCCC(=O)OC(CO)COC(=O)CCCCCCCCCCCCCCCCCCCCC/C=C\CCCCCCCCCC. The van der Waals surface area contributed by atoms with E-state index in [1.54, 1.807) is 0 Å². The third-order valence-corrected chi connectivity index (χ3v) is 12.0. The molecule has 5 heteroatoms. The second kappa shape index (κ2) is 54.7. The Morgan fingerprint density at radius 3 is 1.05 bits per heavy atom. The molecular weight excluding hydrogens is 789 g/mol. The fraction of sp³-hybridized carbons (Fsp3) is 0.763. The fourth-order valence-electron chi connectivity index (χ4n) is 7.87. The predicted octanol–water partition coefficient (Wildman–Crippen LogP) is 18.4. The maximum atomic E-state index is 12.3. The van der Waals surface area contributed by atoms with Gasteiger partial charge in [0, 0.05) is 12.8 Å². The summed E-state index contributed by atoms with van der Waals surface area (Å²) in [6, 6.07) is 0. The molecule has 0 saturated carbocycles. The van der Waals surface area contributed by atoms with Crippen LogP contribution in [0.2, 0.25) is 0 Å². The van der Waals surface area contributed by atoms with Crippen LogP contribution in [0.4, 0.5) is 0 Å². The zero-order valence-electron chi connectivity index (χ0n) is 42.3. The first-order chi connectivity index (χ1) is 31.6. The first-order valence-corrected chi connectivity index (χ1v) is 27.5. The zero-order valence-corrected chi connectivity index (χ0v) is 42.3. The molecule has 0 aromatic heterocycles. The van der Waals surface area contributed by atoms with E-state index in [0.717, 1.165) is 77.0 Å². The highest BCUT2D eigenvalue weighted by Crippen LogP contribution is 2.16. The molecule has 0 heterocycles. The summed E-state index contributed by atoms with van der Waals surface area (Å²) in [5, 5.41) is 9.63. The molecule has 5 nitrogen and oxygen atoms in total. The molecule has 0 aliphatic rings. The molecule has 0 radical (unpaired) electrons. The van der Waals surface area contributed by atoms with Crippen LogP contribution < -0.4 is 0 Å². The summed E-state index contributed by atoms with van der Waals surface area (Å²) in [6.07, 6.45) is 74.5. The van der Waals surface area contributed by atoms with E-state index in [0.29, 0.717) is 12.8 Å². The fourth-order valence-corrected chi connectivity index (χ4v) is 7.87. The van der Waals surface area contributed by atoms with E-state index >= 15 is 0 Å². The van der Waals surface area contributed by atoms with Crippen LogP contribution in [-0.2, 0) is 19.1 Å². The van der Waals surface area contributed by atoms with Crippen molar-refractivity contribution in [3.63, 3.8) is 0 Å². The van der Waals surface area contributed by atoms with Crippen molar-refractivity contribution in [3.05, 3.63) is 72.9 Å². The second-order valence-corrected chi connectivity index (χ2v) is 18.3. The quantitative estimate of drug-likeness (QED) is 0.0374. The Morgan fingerprint density at radius 2 is 0.672 bits per heavy atom. The van der Waals surface area contributed by atoms with Gasteiger partial charge in [0.1, 0.15) is 6.61 Å². The predicted molar refractivity (Wildman–Crippen MR) is 279 cm³/mol. The van der Waals surface area contributed by atoms with Crippen LogP contribution in [0.3, 0.4) is 0 Å². The summed E-state index contributed by atoms with van der Waals surface area (Å²) in [5.41, 5.74) is 0. The largest absolute Gasteiger partial charge is 0.462 e. The minimum atomic E-state index is -0.792. The van der Waals surface area contributed by atoms with E-state index in [1.807, 2.05) is 0 Å². The molecule has 0 saturated heterocycles. The number of hydrogen-bond acceptors (Lipinski definition) is 5. The highest BCUT2D eigenvalue weighted by molar-refractivity contribution is 5.70. The average molecular weight is 893 g/mol. The van der Waals surface area contributed by atoms with Crippen molar-refractivity contribution in [2.75, 3.05) is 13.2 Å². The molecule has 1 unspecified atom stereocenters. The number of esters is 2. The molecular formula is C59H104O5. The minimum Gasteiger partial charge on any atom is -0.462 e.